The van der Waals surface area contributed by atoms with Crippen LogP contribution in [0, 0.1) is 0 Å². The molecule has 1 rings (SSSR count). The Morgan fingerprint density at radius 3 is 2.86 bits per heavy atom. The van der Waals surface area contributed by atoms with Gasteiger partial charge in [-0.15, -0.1) is 0 Å². The van der Waals surface area contributed by atoms with Crippen molar-refractivity contribution in [3.8, 4) is 0 Å². The molecular weight excluding hydrogens is 204 g/mol. The van der Waals surface area contributed by atoms with Gasteiger partial charge in [-0.25, -0.2) is 9.78 Å². The highest BCUT2D eigenvalue weighted by Gasteiger charge is 2.09. The number of carboxylic acids is 1. The number of hydrogen-bond donors (Lipinski definition) is 2. The molecule has 1 aromatic heterocycles. The van der Waals surface area contributed by atoms with E-state index in [1.54, 1.807) is 6.07 Å². The minimum atomic E-state index is -1.07. The number of halogens is 1. The van der Waals surface area contributed by atoms with Crippen molar-refractivity contribution in [3.05, 3.63) is 22.8 Å². The summed E-state index contributed by atoms with van der Waals surface area (Å²) in [7, 11) is 0. The van der Waals surface area contributed by atoms with E-state index in [1.807, 2.05) is 6.92 Å². The summed E-state index contributed by atoms with van der Waals surface area (Å²) in [6.07, 6.45) is 0.972. The zero-order valence-corrected chi connectivity index (χ0v) is 8.51. The van der Waals surface area contributed by atoms with Crippen molar-refractivity contribution in [2.75, 3.05) is 11.9 Å². The van der Waals surface area contributed by atoms with Crippen LogP contribution in [-0.4, -0.2) is 22.6 Å². The van der Waals surface area contributed by atoms with Crippen molar-refractivity contribution >= 4 is 23.4 Å². The first-order valence-corrected chi connectivity index (χ1v) is 4.66. The number of nitrogens with one attached hydrogen (secondary N) is 1. The lowest BCUT2D eigenvalue weighted by molar-refractivity contribution is 0.0696. The van der Waals surface area contributed by atoms with Gasteiger partial charge in [0.2, 0.25) is 0 Å². The average molecular weight is 215 g/mol. The Labute approximate surface area is 86.9 Å². The quantitative estimate of drug-likeness (QED) is 0.755. The second-order valence-electron chi connectivity index (χ2n) is 2.77. The molecule has 5 heteroatoms. The Hall–Kier alpha value is -1.29. The molecule has 76 valence electrons. The van der Waals surface area contributed by atoms with Crippen molar-refractivity contribution in [2.24, 2.45) is 0 Å². The van der Waals surface area contributed by atoms with Gasteiger partial charge >= 0.3 is 5.97 Å². The maximum Gasteiger partial charge on any atom is 0.338 e. The topological polar surface area (TPSA) is 62.2 Å². The molecule has 0 atom stereocenters. The Bertz CT molecular complexity index is 342. The first kappa shape index (κ1) is 10.8. The highest BCUT2D eigenvalue weighted by Crippen LogP contribution is 2.16. The number of pyridine rings is 1. The normalized spacial score (nSPS) is 9.86. The van der Waals surface area contributed by atoms with E-state index in [0.717, 1.165) is 13.0 Å². The van der Waals surface area contributed by atoms with Gasteiger partial charge in [-0.2, -0.15) is 0 Å². The zero-order chi connectivity index (χ0) is 10.6. The van der Waals surface area contributed by atoms with Crippen LogP contribution >= 0.6 is 11.6 Å². The van der Waals surface area contributed by atoms with Crippen LogP contribution in [0.5, 0.6) is 0 Å². The van der Waals surface area contributed by atoms with Crippen molar-refractivity contribution in [1.29, 1.82) is 0 Å². The molecule has 0 saturated carbocycles. The monoisotopic (exact) mass is 214 g/mol. The number of aromatic carboxylic acids is 1. The molecule has 0 unspecified atom stereocenters. The molecular formula is C9H11ClN2O2. The molecule has 0 saturated heterocycles. The molecule has 0 aliphatic carbocycles. The third kappa shape index (κ3) is 2.60. The number of aromatic nitrogens is 1. The summed E-state index contributed by atoms with van der Waals surface area (Å²) in [6.45, 7) is 2.82. The van der Waals surface area contributed by atoms with E-state index in [2.05, 4.69) is 10.3 Å². The second-order valence-corrected chi connectivity index (χ2v) is 3.12. The summed E-state index contributed by atoms with van der Waals surface area (Å²) < 4.78 is 0. The van der Waals surface area contributed by atoms with E-state index in [4.69, 9.17) is 16.7 Å². The molecule has 0 aromatic carbocycles. The van der Waals surface area contributed by atoms with Crippen molar-refractivity contribution < 1.29 is 9.90 Å². The molecule has 1 aromatic rings. The number of nitrogens with zero attached hydrogens (tertiary/aromatic N) is 1. The van der Waals surface area contributed by atoms with E-state index in [1.165, 1.54) is 6.07 Å². The molecule has 0 bridgehead atoms. The third-order valence-electron chi connectivity index (χ3n) is 1.64. The summed E-state index contributed by atoms with van der Waals surface area (Å²) in [5.41, 5.74) is 0.0220. The molecule has 0 radical (unpaired) electrons. The highest BCUT2D eigenvalue weighted by molar-refractivity contribution is 6.32. The van der Waals surface area contributed by atoms with Gasteiger partial charge in [-0.05, 0) is 18.6 Å². The van der Waals surface area contributed by atoms with Crippen LogP contribution in [0.1, 0.15) is 23.7 Å². The predicted octanol–water partition coefficient (Wildman–Crippen LogP) is 2.26. The molecule has 0 spiro atoms. The predicted molar refractivity (Wildman–Crippen MR) is 55.0 cm³/mol. The van der Waals surface area contributed by atoms with Crippen LogP contribution in [0.25, 0.3) is 0 Å². The Kier molecular flexibility index (Phi) is 3.71. The van der Waals surface area contributed by atoms with E-state index in [0.29, 0.717) is 5.82 Å². The first-order chi connectivity index (χ1) is 6.65. The largest absolute Gasteiger partial charge is 0.478 e. The van der Waals surface area contributed by atoms with Gasteiger partial charge in [0.05, 0.1) is 5.56 Å². The van der Waals surface area contributed by atoms with E-state index < -0.39 is 5.97 Å². The molecule has 14 heavy (non-hydrogen) atoms. The Balaban J connectivity index is 2.83. The van der Waals surface area contributed by atoms with E-state index in [9.17, 15) is 4.79 Å². The van der Waals surface area contributed by atoms with Crippen LogP contribution in [0.3, 0.4) is 0 Å². The number of rotatable bonds is 4. The average Bonchev–Trinajstić information content (AvgIpc) is 2.14. The van der Waals surface area contributed by atoms with Gasteiger partial charge in [0.15, 0.2) is 0 Å². The molecule has 0 aliphatic rings. The molecule has 0 aliphatic heterocycles. The molecule has 4 nitrogen and oxygen atoms in total. The van der Waals surface area contributed by atoms with Gasteiger partial charge < -0.3 is 10.4 Å². The van der Waals surface area contributed by atoms with Crippen molar-refractivity contribution in [1.82, 2.24) is 4.98 Å². The van der Waals surface area contributed by atoms with Crippen LogP contribution in [-0.2, 0) is 0 Å². The van der Waals surface area contributed by atoms with E-state index >= 15 is 0 Å². The summed E-state index contributed by atoms with van der Waals surface area (Å²) >= 11 is 5.67. The fourth-order valence-electron chi connectivity index (χ4n) is 0.945. The third-order valence-corrected chi connectivity index (χ3v) is 1.92. The van der Waals surface area contributed by atoms with Gasteiger partial charge in [0.25, 0.3) is 0 Å². The number of carboxylic acid groups (broad SMARTS) is 1. The Morgan fingerprint density at radius 2 is 2.36 bits per heavy atom. The van der Waals surface area contributed by atoms with Crippen LogP contribution in [0.2, 0.25) is 5.15 Å². The highest BCUT2D eigenvalue weighted by atomic mass is 35.5. The number of carbonyl (C=O) groups is 1. The van der Waals surface area contributed by atoms with Crippen molar-refractivity contribution in [3.63, 3.8) is 0 Å². The molecule has 1 heterocycles. The maximum absolute atomic E-state index is 10.6. The SMILES string of the molecule is CCCNc1ccc(C(=O)O)c(Cl)n1. The molecule has 2 N–H and O–H groups in total. The maximum atomic E-state index is 10.6. The molecule has 0 fully saturated rings. The molecule has 0 amide bonds. The van der Waals surface area contributed by atoms with Gasteiger partial charge in [-0.1, -0.05) is 18.5 Å². The van der Waals surface area contributed by atoms with Gasteiger partial charge in [0.1, 0.15) is 11.0 Å². The van der Waals surface area contributed by atoms with Gasteiger partial charge in [0, 0.05) is 6.54 Å². The lowest BCUT2D eigenvalue weighted by Crippen LogP contribution is -2.04. The van der Waals surface area contributed by atoms with Gasteiger partial charge in [-0.3, -0.25) is 0 Å². The van der Waals surface area contributed by atoms with Crippen LogP contribution in [0.4, 0.5) is 5.82 Å². The summed E-state index contributed by atoms with van der Waals surface area (Å²) in [4.78, 5) is 14.5. The minimum absolute atomic E-state index is 0.0126. The lowest BCUT2D eigenvalue weighted by atomic mass is 10.3. The minimum Gasteiger partial charge on any atom is -0.478 e. The van der Waals surface area contributed by atoms with Crippen LogP contribution < -0.4 is 5.32 Å². The number of hydrogen-bond acceptors (Lipinski definition) is 3. The fraction of sp³-hybridized carbons (Fsp3) is 0.333. The van der Waals surface area contributed by atoms with Crippen LogP contribution in [0.15, 0.2) is 12.1 Å². The summed E-state index contributed by atoms with van der Waals surface area (Å²) in [6, 6.07) is 3.04. The zero-order valence-electron chi connectivity index (χ0n) is 7.75. The Morgan fingerprint density at radius 1 is 1.64 bits per heavy atom. The first-order valence-electron chi connectivity index (χ1n) is 4.29. The summed E-state index contributed by atoms with van der Waals surface area (Å²) in [5.74, 6) is -0.466. The summed E-state index contributed by atoms with van der Waals surface area (Å²) in [5, 5.41) is 11.7. The fourth-order valence-corrected chi connectivity index (χ4v) is 1.18. The standard InChI is InChI=1S/C9H11ClN2O2/c1-2-5-11-7-4-3-6(9(13)14)8(10)12-7/h3-4H,2,5H2,1H3,(H,11,12)(H,13,14). The smallest absolute Gasteiger partial charge is 0.338 e. The van der Waals surface area contributed by atoms with Crippen molar-refractivity contribution in [2.45, 2.75) is 13.3 Å². The van der Waals surface area contributed by atoms with E-state index in [-0.39, 0.29) is 10.7 Å². The number of anilines is 1. The lowest BCUT2D eigenvalue weighted by Gasteiger charge is -2.04. The second kappa shape index (κ2) is 4.81.